The lowest BCUT2D eigenvalue weighted by Gasteiger charge is -2.19. The minimum absolute atomic E-state index is 0.240. The van der Waals surface area contributed by atoms with Crippen molar-refractivity contribution in [2.24, 2.45) is 5.73 Å². The average molecular weight is 257 g/mol. The van der Waals surface area contributed by atoms with Gasteiger partial charge in [0.25, 0.3) is 6.43 Å². The Bertz CT molecular complexity index is 274. The van der Waals surface area contributed by atoms with Crippen LogP contribution in [-0.2, 0) is 5.54 Å². The summed E-state index contributed by atoms with van der Waals surface area (Å²) in [5, 5.41) is 0.240. The number of halogens is 3. The van der Waals surface area contributed by atoms with Gasteiger partial charge in [0, 0.05) is 0 Å². The van der Waals surface area contributed by atoms with Crippen LogP contribution >= 0.6 is 27.3 Å². The molecule has 1 rings (SSSR count). The number of alkyl halides is 2. The zero-order valence-electron chi connectivity index (χ0n) is 6.22. The number of hydrogen-bond acceptors (Lipinski definition) is 3. The number of thiazole rings is 1. The molecule has 0 aliphatic carbocycles. The van der Waals surface area contributed by atoms with Gasteiger partial charge in [-0.15, -0.1) is 11.3 Å². The molecule has 1 unspecified atom stereocenters. The minimum Gasteiger partial charge on any atom is -0.315 e. The van der Waals surface area contributed by atoms with Crippen molar-refractivity contribution in [3.8, 4) is 0 Å². The quantitative estimate of drug-likeness (QED) is 0.883. The first-order valence-electron chi connectivity index (χ1n) is 3.13. The van der Waals surface area contributed by atoms with Crippen molar-refractivity contribution >= 4 is 27.3 Å². The van der Waals surface area contributed by atoms with Crippen LogP contribution in [0.4, 0.5) is 8.78 Å². The second kappa shape index (κ2) is 3.35. The smallest absolute Gasteiger partial charge is 0.262 e. The highest BCUT2D eigenvalue weighted by Crippen LogP contribution is 2.30. The average Bonchev–Trinajstić information content (AvgIpc) is 2.35. The molecular weight excluding hydrogens is 250 g/mol. The molecule has 0 saturated heterocycles. The Morgan fingerprint density at radius 3 is 2.67 bits per heavy atom. The summed E-state index contributed by atoms with van der Waals surface area (Å²) in [7, 11) is 0. The highest BCUT2D eigenvalue weighted by molar-refractivity contribution is 9.11. The molecule has 1 aromatic heterocycles. The Morgan fingerprint density at radius 1 is 1.75 bits per heavy atom. The van der Waals surface area contributed by atoms with Crippen molar-refractivity contribution in [2.75, 3.05) is 0 Å². The fraction of sp³-hybridized carbons (Fsp3) is 0.500. The molecule has 0 fully saturated rings. The molecule has 0 saturated carbocycles. The predicted octanol–water partition coefficient (Wildman–Crippen LogP) is 2.34. The third-order valence-corrected chi connectivity index (χ3v) is 3.12. The van der Waals surface area contributed by atoms with Gasteiger partial charge in [0.05, 0.1) is 9.98 Å². The molecule has 12 heavy (non-hydrogen) atoms. The molecule has 0 aliphatic heterocycles. The van der Waals surface area contributed by atoms with Gasteiger partial charge in [0.1, 0.15) is 10.5 Å². The SMILES string of the molecule is CC(N)(c1ncc(Br)s1)C(F)F. The van der Waals surface area contributed by atoms with E-state index in [4.69, 9.17) is 5.73 Å². The summed E-state index contributed by atoms with van der Waals surface area (Å²) in [6, 6.07) is 0. The molecule has 0 amide bonds. The Hall–Kier alpha value is -0.0700. The van der Waals surface area contributed by atoms with Crippen LogP contribution in [0.3, 0.4) is 0 Å². The first-order chi connectivity index (χ1) is 5.44. The van der Waals surface area contributed by atoms with E-state index >= 15 is 0 Å². The van der Waals surface area contributed by atoms with Gasteiger partial charge < -0.3 is 5.73 Å². The summed E-state index contributed by atoms with van der Waals surface area (Å²) in [4.78, 5) is 3.78. The number of nitrogens with two attached hydrogens (primary N) is 1. The summed E-state index contributed by atoms with van der Waals surface area (Å²) >= 11 is 4.25. The second-order valence-electron chi connectivity index (χ2n) is 2.55. The molecule has 0 aliphatic rings. The van der Waals surface area contributed by atoms with Gasteiger partial charge in [0.2, 0.25) is 0 Å². The van der Waals surface area contributed by atoms with Crippen molar-refractivity contribution in [1.82, 2.24) is 4.98 Å². The molecule has 0 spiro atoms. The van der Waals surface area contributed by atoms with Crippen molar-refractivity contribution in [2.45, 2.75) is 18.9 Å². The highest BCUT2D eigenvalue weighted by atomic mass is 79.9. The fourth-order valence-corrected chi connectivity index (χ4v) is 1.86. The third-order valence-electron chi connectivity index (χ3n) is 1.39. The van der Waals surface area contributed by atoms with E-state index in [9.17, 15) is 8.78 Å². The van der Waals surface area contributed by atoms with Crippen LogP contribution in [0.15, 0.2) is 9.98 Å². The summed E-state index contributed by atoms with van der Waals surface area (Å²) in [6.45, 7) is 1.27. The lowest BCUT2D eigenvalue weighted by Crippen LogP contribution is -2.40. The first-order valence-corrected chi connectivity index (χ1v) is 4.74. The largest absolute Gasteiger partial charge is 0.315 e. The molecule has 0 aromatic carbocycles. The summed E-state index contributed by atoms with van der Waals surface area (Å²) in [5.41, 5.74) is 3.73. The van der Waals surface area contributed by atoms with E-state index in [0.29, 0.717) is 3.79 Å². The number of nitrogens with zero attached hydrogens (tertiary/aromatic N) is 1. The fourth-order valence-electron chi connectivity index (χ4n) is 0.597. The van der Waals surface area contributed by atoms with Crippen molar-refractivity contribution in [3.63, 3.8) is 0 Å². The maximum absolute atomic E-state index is 12.3. The topological polar surface area (TPSA) is 38.9 Å². The molecule has 1 aromatic rings. The Balaban J connectivity index is 2.97. The van der Waals surface area contributed by atoms with Gasteiger partial charge in [-0.25, -0.2) is 13.8 Å². The summed E-state index contributed by atoms with van der Waals surface area (Å²) < 4.78 is 25.4. The molecule has 0 bridgehead atoms. The summed E-state index contributed by atoms with van der Waals surface area (Å²) in [6.07, 6.45) is -1.14. The second-order valence-corrected chi connectivity index (χ2v) is 4.96. The van der Waals surface area contributed by atoms with Crippen LogP contribution in [0.5, 0.6) is 0 Å². The lowest BCUT2D eigenvalue weighted by molar-refractivity contribution is 0.0624. The van der Waals surface area contributed by atoms with E-state index in [1.54, 1.807) is 0 Å². The van der Waals surface area contributed by atoms with Gasteiger partial charge in [-0.1, -0.05) is 0 Å². The van der Waals surface area contributed by atoms with Gasteiger partial charge >= 0.3 is 0 Å². The molecule has 6 heteroatoms. The van der Waals surface area contributed by atoms with E-state index < -0.39 is 12.0 Å². The number of rotatable bonds is 2. The van der Waals surface area contributed by atoms with E-state index in [1.807, 2.05) is 0 Å². The molecule has 2 N–H and O–H groups in total. The third kappa shape index (κ3) is 1.81. The Morgan fingerprint density at radius 2 is 2.33 bits per heavy atom. The Labute approximate surface area is 80.9 Å². The van der Waals surface area contributed by atoms with Crippen LogP contribution in [0.25, 0.3) is 0 Å². The highest BCUT2D eigenvalue weighted by Gasteiger charge is 2.35. The van der Waals surface area contributed by atoms with Crippen LogP contribution in [-0.4, -0.2) is 11.4 Å². The molecule has 2 nitrogen and oxygen atoms in total. The molecule has 1 heterocycles. The van der Waals surface area contributed by atoms with Gasteiger partial charge in [-0.05, 0) is 22.9 Å². The van der Waals surface area contributed by atoms with Crippen molar-refractivity contribution in [3.05, 3.63) is 15.0 Å². The van der Waals surface area contributed by atoms with Gasteiger partial charge in [-0.2, -0.15) is 0 Å². The van der Waals surface area contributed by atoms with Gasteiger partial charge in [0.15, 0.2) is 0 Å². The van der Waals surface area contributed by atoms with E-state index in [-0.39, 0.29) is 5.01 Å². The minimum atomic E-state index is -2.60. The van der Waals surface area contributed by atoms with Crippen LogP contribution in [0.1, 0.15) is 11.9 Å². The van der Waals surface area contributed by atoms with Crippen LogP contribution in [0.2, 0.25) is 0 Å². The molecule has 0 radical (unpaired) electrons. The summed E-state index contributed by atoms with van der Waals surface area (Å²) in [5.74, 6) is 0. The maximum atomic E-state index is 12.3. The van der Waals surface area contributed by atoms with Crippen molar-refractivity contribution in [1.29, 1.82) is 0 Å². The lowest BCUT2D eigenvalue weighted by atomic mass is 10.1. The monoisotopic (exact) mass is 256 g/mol. The predicted molar refractivity (Wildman–Crippen MR) is 47.4 cm³/mol. The van der Waals surface area contributed by atoms with E-state index in [1.165, 1.54) is 13.1 Å². The molecular formula is C6H7BrF2N2S. The van der Waals surface area contributed by atoms with Gasteiger partial charge in [-0.3, -0.25) is 0 Å². The normalized spacial score (nSPS) is 16.5. The zero-order valence-corrected chi connectivity index (χ0v) is 8.62. The first kappa shape index (κ1) is 10.0. The van der Waals surface area contributed by atoms with E-state index in [0.717, 1.165) is 11.3 Å². The van der Waals surface area contributed by atoms with Crippen LogP contribution < -0.4 is 5.73 Å². The standard InChI is InChI=1S/C6H7BrF2N2S/c1-6(10,4(8)9)5-11-2-3(7)12-5/h2,4H,10H2,1H3. The molecule has 1 atom stereocenters. The van der Waals surface area contributed by atoms with E-state index in [2.05, 4.69) is 20.9 Å². The number of aromatic nitrogens is 1. The van der Waals surface area contributed by atoms with Crippen LogP contribution in [0, 0.1) is 0 Å². The Kier molecular flexibility index (Phi) is 2.80. The van der Waals surface area contributed by atoms with Crippen molar-refractivity contribution < 1.29 is 8.78 Å². The zero-order chi connectivity index (χ0) is 9.35. The maximum Gasteiger partial charge on any atom is 0.262 e. The molecule has 68 valence electrons. The number of hydrogen-bond donors (Lipinski definition) is 1.